The van der Waals surface area contributed by atoms with Gasteiger partial charge >= 0.3 is 0 Å². The number of carbonyl (C=O) groups is 1. The Balaban J connectivity index is 1.32. The zero-order chi connectivity index (χ0) is 21.6. The van der Waals surface area contributed by atoms with Gasteiger partial charge in [-0.1, -0.05) is 60.1 Å². The van der Waals surface area contributed by atoms with Crippen molar-refractivity contribution in [3.8, 4) is 0 Å². The number of carbonyl (C=O) groups excluding carboxylic acids is 1. The molecule has 1 aliphatic heterocycles. The topological polar surface area (TPSA) is 50.2 Å². The Morgan fingerprint density at radius 2 is 1.81 bits per heavy atom. The number of hydrogen-bond acceptors (Lipinski definition) is 3. The van der Waals surface area contributed by atoms with Crippen LogP contribution in [0.4, 0.5) is 0 Å². The van der Waals surface area contributed by atoms with E-state index >= 15 is 0 Å². The molecule has 3 aromatic rings. The molecule has 1 fully saturated rings. The quantitative estimate of drug-likeness (QED) is 0.595. The van der Waals surface area contributed by atoms with E-state index in [2.05, 4.69) is 21.4 Å². The second kappa shape index (κ2) is 10.1. The van der Waals surface area contributed by atoms with Crippen molar-refractivity contribution in [2.24, 2.45) is 13.0 Å². The van der Waals surface area contributed by atoms with Crippen LogP contribution in [-0.4, -0.2) is 33.7 Å². The van der Waals surface area contributed by atoms with Crippen molar-refractivity contribution in [3.63, 3.8) is 0 Å². The van der Waals surface area contributed by atoms with Gasteiger partial charge in [0.1, 0.15) is 0 Å². The Hall–Kier alpha value is -2.63. The summed E-state index contributed by atoms with van der Waals surface area (Å²) in [4.78, 5) is 15.3. The number of hydrogen-bond donors (Lipinski definition) is 1. The van der Waals surface area contributed by atoms with Crippen molar-refractivity contribution in [3.05, 3.63) is 88.2 Å². The van der Waals surface area contributed by atoms with Crippen LogP contribution in [0.5, 0.6) is 0 Å². The highest BCUT2D eigenvalue weighted by atomic mass is 35.5. The molecule has 1 aromatic heterocycles. The molecular weight excluding hydrogens is 408 g/mol. The van der Waals surface area contributed by atoms with Gasteiger partial charge in [0.15, 0.2) is 0 Å². The molecule has 162 valence electrons. The summed E-state index contributed by atoms with van der Waals surface area (Å²) < 4.78 is 1.75. The van der Waals surface area contributed by atoms with Crippen molar-refractivity contribution in [2.75, 3.05) is 13.1 Å². The number of rotatable bonds is 7. The van der Waals surface area contributed by atoms with E-state index in [1.54, 1.807) is 4.68 Å². The average molecular weight is 437 g/mol. The summed E-state index contributed by atoms with van der Waals surface area (Å²) >= 11 is 6.32. The average Bonchev–Trinajstić information content (AvgIpc) is 3.16. The molecule has 1 aliphatic rings. The van der Waals surface area contributed by atoms with E-state index in [0.29, 0.717) is 18.0 Å². The lowest BCUT2D eigenvalue weighted by molar-refractivity contribution is 0.0949. The molecule has 2 aromatic carbocycles. The molecule has 5 nitrogen and oxygen atoms in total. The maximum Gasteiger partial charge on any atom is 0.255 e. The number of benzene rings is 2. The zero-order valence-corrected chi connectivity index (χ0v) is 18.7. The van der Waals surface area contributed by atoms with E-state index in [4.69, 9.17) is 11.6 Å². The predicted octanol–water partition coefficient (Wildman–Crippen LogP) is 4.46. The molecule has 4 rings (SSSR count). The summed E-state index contributed by atoms with van der Waals surface area (Å²) in [5.41, 5.74) is 3.87. The molecule has 1 N–H and O–H groups in total. The standard InChI is InChI=1S/C25H29ClN4O/c1-29-18-22(25(31)27-16-20-7-3-2-4-8-20)24(28-29)15-19-11-13-30(14-12-19)17-21-9-5-6-10-23(21)26/h2-10,18-19H,11-17H2,1H3,(H,27,31). The number of piperidine rings is 1. The molecule has 1 saturated heterocycles. The van der Waals surface area contributed by atoms with Gasteiger partial charge in [-0.15, -0.1) is 0 Å². The molecule has 31 heavy (non-hydrogen) atoms. The fourth-order valence-electron chi connectivity index (χ4n) is 4.24. The van der Waals surface area contributed by atoms with Gasteiger partial charge in [0.05, 0.1) is 11.3 Å². The fraction of sp³-hybridized carbons (Fsp3) is 0.360. The maximum absolute atomic E-state index is 12.8. The number of aromatic nitrogens is 2. The van der Waals surface area contributed by atoms with Gasteiger partial charge in [0, 0.05) is 31.4 Å². The minimum absolute atomic E-state index is 0.0527. The molecule has 0 spiro atoms. The van der Waals surface area contributed by atoms with Gasteiger partial charge in [-0.3, -0.25) is 14.4 Å². The second-order valence-corrected chi connectivity index (χ2v) is 8.75. The first-order valence-electron chi connectivity index (χ1n) is 10.9. The number of likely N-dealkylation sites (tertiary alicyclic amines) is 1. The summed E-state index contributed by atoms with van der Waals surface area (Å²) in [7, 11) is 1.88. The SMILES string of the molecule is Cn1cc(C(=O)NCc2ccccc2)c(CC2CCN(Cc3ccccc3Cl)CC2)n1. The van der Waals surface area contributed by atoms with Crippen molar-refractivity contribution >= 4 is 17.5 Å². The highest BCUT2D eigenvalue weighted by Crippen LogP contribution is 2.25. The summed E-state index contributed by atoms with van der Waals surface area (Å²) in [6.45, 7) is 3.49. The first kappa shape index (κ1) is 21.6. The maximum atomic E-state index is 12.8. The van der Waals surface area contributed by atoms with E-state index in [9.17, 15) is 4.79 Å². The lowest BCUT2D eigenvalue weighted by Gasteiger charge is -2.32. The first-order valence-corrected chi connectivity index (χ1v) is 11.3. The van der Waals surface area contributed by atoms with Crippen LogP contribution >= 0.6 is 11.6 Å². The Morgan fingerprint density at radius 1 is 1.10 bits per heavy atom. The first-order chi connectivity index (χ1) is 15.1. The summed E-state index contributed by atoms with van der Waals surface area (Å²) in [6.07, 6.45) is 4.88. The van der Waals surface area contributed by atoms with Gasteiger partial charge < -0.3 is 5.32 Å². The predicted molar refractivity (Wildman–Crippen MR) is 124 cm³/mol. The number of amides is 1. The molecule has 0 bridgehead atoms. The van der Waals surface area contributed by atoms with Crippen molar-refractivity contribution in [1.82, 2.24) is 20.0 Å². The van der Waals surface area contributed by atoms with Crippen molar-refractivity contribution < 1.29 is 4.79 Å². The number of halogens is 1. The zero-order valence-electron chi connectivity index (χ0n) is 17.9. The second-order valence-electron chi connectivity index (χ2n) is 8.35. The third-order valence-corrected chi connectivity index (χ3v) is 6.36. The fourth-order valence-corrected chi connectivity index (χ4v) is 4.43. The highest BCUT2D eigenvalue weighted by molar-refractivity contribution is 6.31. The lowest BCUT2D eigenvalue weighted by Crippen LogP contribution is -2.34. The van der Waals surface area contributed by atoms with Gasteiger partial charge in [-0.2, -0.15) is 5.10 Å². The van der Waals surface area contributed by atoms with Crippen LogP contribution in [-0.2, 0) is 26.6 Å². The number of nitrogens with zero attached hydrogens (tertiary/aromatic N) is 3. The van der Waals surface area contributed by atoms with Gasteiger partial charge in [-0.25, -0.2) is 0 Å². The van der Waals surface area contributed by atoms with Crippen LogP contribution in [0.15, 0.2) is 60.8 Å². The molecule has 0 atom stereocenters. The molecular formula is C25H29ClN4O. The Kier molecular flexibility index (Phi) is 7.05. The van der Waals surface area contributed by atoms with Gasteiger partial charge in [0.25, 0.3) is 5.91 Å². The van der Waals surface area contributed by atoms with Crippen molar-refractivity contribution in [2.45, 2.75) is 32.4 Å². The van der Waals surface area contributed by atoms with Gasteiger partial charge in [0.2, 0.25) is 0 Å². The Bertz CT molecular complexity index is 1010. The molecule has 0 unspecified atom stereocenters. The number of aryl methyl sites for hydroxylation is 1. The largest absolute Gasteiger partial charge is 0.348 e. The molecule has 6 heteroatoms. The monoisotopic (exact) mass is 436 g/mol. The molecule has 0 saturated carbocycles. The van der Waals surface area contributed by atoms with E-state index < -0.39 is 0 Å². The molecule has 0 aliphatic carbocycles. The highest BCUT2D eigenvalue weighted by Gasteiger charge is 2.24. The minimum Gasteiger partial charge on any atom is -0.348 e. The van der Waals surface area contributed by atoms with Crippen LogP contribution in [0.25, 0.3) is 0 Å². The molecule has 1 amide bonds. The Morgan fingerprint density at radius 3 is 2.55 bits per heavy atom. The van der Waals surface area contributed by atoms with Crippen LogP contribution in [0, 0.1) is 5.92 Å². The van der Waals surface area contributed by atoms with Crippen molar-refractivity contribution in [1.29, 1.82) is 0 Å². The van der Waals surface area contributed by atoms with E-state index in [0.717, 1.165) is 55.2 Å². The molecule has 2 heterocycles. The van der Waals surface area contributed by atoms with E-state index in [-0.39, 0.29) is 5.91 Å². The summed E-state index contributed by atoms with van der Waals surface area (Å²) in [5.74, 6) is 0.487. The molecule has 0 radical (unpaired) electrons. The third kappa shape index (κ3) is 5.75. The number of nitrogens with one attached hydrogen (secondary N) is 1. The van der Waals surface area contributed by atoms with E-state index in [1.165, 1.54) is 5.56 Å². The van der Waals surface area contributed by atoms with Crippen LogP contribution in [0.2, 0.25) is 5.02 Å². The van der Waals surface area contributed by atoms with Crippen LogP contribution < -0.4 is 5.32 Å². The summed E-state index contributed by atoms with van der Waals surface area (Å²) in [6, 6.07) is 18.0. The Labute approximate surface area is 189 Å². The lowest BCUT2D eigenvalue weighted by atomic mass is 9.91. The third-order valence-electron chi connectivity index (χ3n) is 5.99. The smallest absolute Gasteiger partial charge is 0.255 e. The van der Waals surface area contributed by atoms with Gasteiger partial charge in [-0.05, 0) is 55.5 Å². The minimum atomic E-state index is -0.0527. The summed E-state index contributed by atoms with van der Waals surface area (Å²) in [5, 5.41) is 8.47. The van der Waals surface area contributed by atoms with Crippen LogP contribution in [0.3, 0.4) is 0 Å². The van der Waals surface area contributed by atoms with Crippen LogP contribution in [0.1, 0.15) is 40.0 Å². The van der Waals surface area contributed by atoms with E-state index in [1.807, 2.05) is 61.8 Å². The normalized spacial score (nSPS) is 15.2.